The molecule has 0 amide bonds. The van der Waals surface area contributed by atoms with Crippen molar-refractivity contribution in [3.8, 4) is 5.75 Å². The largest absolute Gasteiger partial charge is 0.496 e. The van der Waals surface area contributed by atoms with E-state index in [-0.39, 0.29) is 6.10 Å². The fourth-order valence-corrected chi connectivity index (χ4v) is 2.23. The number of aliphatic hydroxyl groups excluding tert-OH is 1. The Hall–Kier alpha value is -0.540. The second-order valence-corrected chi connectivity index (χ2v) is 4.66. The predicted molar refractivity (Wildman–Crippen MR) is 65.6 cm³/mol. The van der Waals surface area contributed by atoms with Gasteiger partial charge in [-0.05, 0) is 65.9 Å². The first-order chi connectivity index (χ1) is 6.97. The summed E-state index contributed by atoms with van der Waals surface area (Å²) >= 11 is 3.51. The van der Waals surface area contributed by atoms with Crippen LogP contribution in [0.15, 0.2) is 10.5 Å². The maximum absolute atomic E-state index is 9.43. The summed E-state index contributed by atoms with van der Waals surface area (Å²) in [6, 6.07) is 1.99. The van der Waals surface area contributed by atoms with E-state index in [4.69, 9.17) is 4.74 Å². The molecule has 1 aromatic rings. The molecule has 1 atom stereocenters. The third kappa shape index (κ3) is 2.73. The van der Waals surface area contributed by atoms with Gasteiger partial charge in [0.1, 0.15) is 5.75 Å². The smallest absolute Gasteiger partial charge is 0.133 e. The Morgan fingerprint density at radius 2 is 2.07 bits per heavy atom. The maximum atomic E-state index is 9.43. The van der Waals surface area contributed by atoms with Crippen LogP contribution in [0.5, 0.6) is 5.75 Å². The van der Waals surface area contributed by atoms with Crippen LogP contribution in [0.4, 0.5) is 0 Å². The zero-order valence-corrected chi connectivity index (χ0v) is 11.2. The van der Waals surface area contributed by atoms with Crippen LogP contribution in [0.25, 0.3) is 0 Å². The number of aliphatic hydroxyl groups is 1. The van der Waals surface area contributed by atoms with Crippen molar-refractivity contribution in [1.29, 1.82) is 0 Å². The lowest BCUT2D eigenvalue weighted by molar-refractivity contribution is 0.195. The second-order valence-electron chi connectivity index (χ2n) is 3.87. The molecule has 0 bridgehead atoms. The Morgan fingerprint density at radius 3 is 2.53 bits per heavy atom. The Labute approximate surface area is 99.4 Å². The number of benzene rings is 1. The summed E-state index contributed by atoms with van der Waals surface area (Å²) in [4.78, 5) is 0. The van der Waals surface area contributed by atoms with Gasteiger partial charge in [-0.15, -0.1) is 0 Å². The Balaban J connectivity index is 3.23. The molecule has 15 heavy (non-hydrogen) atoms. The molecule has 0 aliphatic heterocycles. The van der Waals surface area contributed by atoms with Crippen LogP contribution in [0.1, 0.15) is 23.6 Å². The zero-order valence-electron chi connectivity index (χ0n) is 9.60. The van der Waals surface area contributed by atoms with E-state index < -0.39 is 0 Å². The van der Waals surface area contributed by atoms with Crippen LogP contribution in [0, 0.1) is 13.8 Å². The fraction of sp³-hybridized carbons (Fsp3) is 0.500. The van der Waals surface area contributed by atoms with Gasteiger partial charge in [0.2, 0.25) is 0 Å². The SMILES string of the molecule is COc1cc(C)c(CC(C)O)c(C)c1Br. The van der Waals surface area contributed by atoms with Crippen molar-refractivity contribution in [3.05, 3.63) is 27.2 Å². The van der Waals surface area contributed by atoms with Crippen molar-refractivity contribution < 1.29 is 9.84 Å². The molecule has 1 N–H and O–H groups in total. The number of rotatable bonds is 3. The molecule has 0 heterocycles. The molecule has 0 aliphatic carbocycles. The number of hydrogen-bond acceptors (Lipinski definition) is 2. The van der Waals surface area contributed by atoms with Crippen LogP contribution in [0.3, 0.4) is 0 Å². The first-order valence-corrected chi connectivity index (χ1v) is 5.77. The molecule has 1 aromatic carbocycles. The van der Waals surface area contributed by atoms with Crippen molar-refractivity contribution >= 4 is 15.9 Å². The quantitative estimate of drug-likeness (QED) is 0.917. The lowest BCUT2D eigenvalue weighted by atomic mass is 9.97. The Morgan fingerprint density at radius 1 is 1.47 bits per heavy atom. The molecule has 0 saturated carbocycles. The number of methoxy groups -OCH3 is 1. The third-order valence-corrected chi connectivity index (χ3v) is 3.53. The minimum atomic E-state index is -0.317. The summed E-state index contributed by atoms with van der Waals surface area (Å²) in [7, 11) is 1.66. The Kier molecular flexibility index (Phi) is 4.17. The lowest BCUT2D eigenvalue weighted by Gasteiger charge is -2.16. The molecule has 0 fully saturated rings. The van der Waals surface area contributed by atoms with Gasteiger partial charge in [-0.25, -0.2) is 0 Å². The third-order valence-electron chi connectivity index (χ3n) is 2.54. The van der Waals surface area contributed by atoms with Gasteiger partial charge < -0.3 is 9.84 Å². The number of aryl methyl sites for hydroxylation is 1. The van der Waals surface area contributed by atoms with Crippen molar-refractivity contribution in [2.75, 3.05) is 7.11 Å². The molecule has 0 spiro atoms. The van der Waals surface area contributed by atoms with E-state index in [1.165, 1.54) is 5.56 Å². The summed E-state index contributed by atoms with van der Waals surface area (Å²) < 4.78 is 6.24. The van der Waals surface area contributed by atoms with Gasteiger partial charge in [0.25, 0.3) is 0 Å². The van der Waals surface area contributed by atoms with E-state index in [0.29, 0.717) is 6.42 Å². The molecule has 1 unspecified atom stereocenters. The normalized spacial score (nSPS) is 12.7. The Bertz CT molecular complexity index is 359. The summed E-state index contributed by atoms with van der Waals surface area (Å²) in [5.74, 6) is 0.847. The highest BCUT2D eigenvalue weighted by atomic mass is 79.9. The van der Waals surface area contributed by atoms with Gasteiger partial charge in [0, 0.05) is 0 Å². The topological polar surface area (TPSA) is 29.5 Å². The first kappa shape index (κ1) is 12.5. The lowest BCUT2D eigenvalue weighted by Crippen LogP contribution is -2.08. The van der Waals surface area contributed by atoms with Crippen LogP contribution in [-0.2, 0) is 6.42 Å². The van der Waals surface area contributed by atoms with Crippen LogP contribution in [-0.4, -0.2) is 18.3 Å². The van der Waals surface area contributed by atoms with Crippen LogP contribution in [0.2, 0.25) is 0 Å². The van der Waals surface area contributed by atoms with E-state index in [0.717, 1.165) is 21.3 Å². The van der Waals surface area contributed by atoms with E-state index >= 15 is 0 Å². The number of hydrogen-bond donors (Lipinski definition) is 1. The zero-order chi connectivity index (χ0) is 11.6. The molecule has 2 nitrogen and oxygen atoms in total. The molecule has 1 rings (SSSR count). The van der Waals surface area contributed by atoms with Crippen LogP contribution < -0.4 is 4.74 Å². The molecular weight excluding hydrogens is 256 g/mol. The van der Waals surface area contributed by atoms with Gasteiger partial charge in [-0.3, -0.25) is 0 Å². The molecular formula is C12H17BrO2. The second kappa shape index (κ2) is 4.99. The first-order valence-electron chi connectivity index (χ1n) is 4.98. The van der Waals surface area contributed by atoms with Crippen molar-refractivity contribution in [1.82, 2.24) is 0 Å². The van der Waals surface area contributed by atoms with Crippen molar-refractivity contribution in [2.24, 2.45) is 0 Å². The standard InChI is InChI=1S/C12H17BrO2/c1-7-5-11(15-4)12(13)9(3)10(7)6-8(2)14/h5,8,14H,6H2,1-4H3. The molecule has 84 valence electrons. The van der Waals surface area contributed by atoms with Gasteiger partial charge in [-0.2, -0.15) is 0 Å². The average Bonchev–Trinajstić information content (AvgIpc) is 2.18. The molecule has 0 aliphatic rings. The molecule has 3 heteroatoms. The minimum Gasteiger partial charge on any atom is -0.496 e. The molecule has 0 aromatic heterocycles. The summed E-state index contributed by atoms with van der Waals surface area (Å²) in [5, 5.41) is 9.43. The van der Waals surface area contributed by atoms with E-state index in [1.807, 2.05) is 19.9 Å². The molecule has 0 radical (unpaired) electrons. The van der Waals surface area contributed by atoms with Gasteiger partial charge in [-0.1, -0.05) is 0 Å². The van der Waals surface area contributed by atoms with Gasteiger partial charge >= 0.3 is 0 Å². The van der Waals surface area contributed by atoms with Crippen molar-refractivity contribution in [3.63, 3.8) is 0 Å². The number of halogens is 1. The highest BCUT2D eigenvalue weighted by Gasteiger charge is 2.13. The summed E-state index contributed by atoms with van der Waals surface area (Å²) in [5.41, 5.74) is 3.50. The average molecular weight is 273 g/mol. The summed E-state index contributed by atoms with van der Waals surface area (Å²) in [6.07, 6.45) is 0.364. The highest BCUT2D eigenvalue weighted by Crippen LogP contribution is 2.33. The van der Waals surface area contributed by atoms with E-state index in [2.05, 4.69) is 15.9 Å². The van der Waals surface area contributed by atoms with E-state index in [1.54, 1.807) is 14.0 Å². The summed E-state index contributed by atoms with van der Waals surface area (Å²) in [6.45, 7) is 5.88. The monoisotopic (exact) mass is 272 g/mol. The van der Waals surface area contributed by atoms with E-state index in [9.17, 15) is 5.11 Å². The predicted octanol–water partition coefficient (Wildman–Crippen LogP) is 3.00. The fourth-order valence-electron chi connectivity index (χ4n) is 1.72. The van der Waals surface area contributed by atoms with Crippen LogP contribution >= 0.6 is 15.9 Å². The molecule has 0 saturated heterocycles. The van der Waals surface area contributed by atoms with Crippen molar-refractivity contribution in [2.45, 2.75) is 33.3 Å². The van der Waals surface area contributed by atoms with Gasteiger partial charge in [0.15, 0.2) is 0 Å². The van der Waals surface area contributed by atoms with Gasteiger partial charge in [0.05, 0.1) is 17.7 Å². The maximum Gasteiger partial charge on any atom is 0.133 e. The number of ether oxygens (including phenoxy) is 1. The highest BCUT2D eigenvalue weighted by molar-refractivity contribution is 9.10. The minimum absolute atomic E-state index is 0.317.